The molecular weight excluding hydrogens is 332 g/mol. The van der Waals surface area contributed by atoms with Gasteiger partial charge in [0, 0.05) is 18.2 Å². The lowest BCUT2D eigenvalue weighted by molar-refractivity contribution is -0.158. The van der Waals surface area contributed by atoms with Gasteiger partial charge in [-0.25, -0.2) is 0 Å². The number of terminal acetylenes is 1. The normalized spacial score (nSPS) is 29.1. The van der Waals surface area contributed by atoms with Crippen molar-refractivity contribution < 1.29 is 14.3 Å². The van der Waals surface area contributed by atoms with Crippen molar-refractivity contribution in [2.24, 2.45) is 0 Å². The first-order valence-electron chi connectivity index (χ1n) is 7.31. The Morgan fingerprint density at radius 2 is 2.29 bits per heavy atom. The maximum absolute atomic E-state index is 11.3. The number of esters is 1. The number of allylic oxidation sites excluding steroid dienone is 2. The van der Waals surface area contributed by atoms with Crippen LogP contribution in [0.4, 0.5) is 0 Å². The van der Waals surface area contributed by atoms with Gasteiger partial charge in [0.15, 0.2) is 0 Å². The lowest BCUT2D eigenvalue weighted by atomic mass is 10.0. The van der Waals surface area contributed by atoms with E-state index in [-0.39, 0.29) is 29.1 Å². The fourth-order valence-corrected chi connectivity index (χ4v) is 3.04. The minimum atomic E-state index is -0.316. The zero-order valence-corrected chi connectivity index (χ0v) is 14.2. The molecule has 1 heterocycles. The molecular formula is C17H23BrO3. The van der Waals surface area contributed by atoms with Crippen molar-refractivity contribution in [3.05, 3.63) is 24.3 Å². The van der Waals surface area contributed by atoms with E-state index >= 15 is 0 Å². The van der Waals surface area contributed by atoms with Crippen LogP contribution in [0.5, 0.6) is 0 Å². The van der Waals surface area contributed by atoms with E-state index < -0.39 is 0 Å². The smallest absolute Gasteiger partial charge is 0.303 e. The number of hydrogen-bond donors (Lipinski definition) is 0. The molecule has 3 nitrogen and oxygen atoms in total. The Balaban J connectivity index is 2.83. The molecule has 0 aromatic rings. The first kappa shape index (κ1) is 18.0. The lowest BCUT2D eigenvalue weighted by Crippen LogP contribution is -2.38. The van der Waals surface area contributed by atoms with Crippen LogP contribution in [0.1, 0.15) is 39.5 Å². The van der Waals surface area contributed by atoms with Crippen LogP contribution < -0.4 is 0 Å². The zero-order chi connectivity index (χ0) is 15.7. The number of carbonyl (C=O) groups is 1. The maximum Gasteiger partial charge on any atom is 0.303 e. The van der Waals surface area contributed by atoms with Crippen molar-refractivity contribution in [1.82, 2.24) is 0 Å². The minimum absolute atomic E-state index is 0.106. The summed E-state index contributed by atoms with van der Waals surface area (Å²) in [5.41, 5.74) is 0. The van der Waals surface area contributed by atoms with E-state index in [1.807, 2.05) is 6.08 Å². The van der Waals surface area contributed by atoms with Crippen LogP contribution >= 0.6 is 15.9 Å². The summed E-state index contributed by atoms with van der Waals surface area (Å²) in [5.74, 6) is 2.15. The second kappa shape index (κ2) is 9.81. The van der Waals surface area contributed by atoms with Crippen molar-refractivity contribution in [2.45, 2.75) is 62.7 Å². The van der Waals surface area contributed by atoms with E-state index in [1.165, 1.54) is 6.92 Å². The number of hydrogen-bond acceptors (Lipinski definition) is 3. The standard InChI is InChI=1S/C17H23BrO3/c1-4-6-7-11-16(20-13(3)19)17-12-9-8-10-14(18)15(5-2)21-17/h1,6-9,14-17H,5,10-12H2,2-3H3/b7-6-,9-8+/t14-,15-,16-,17-/m1/s1. The molecule has 116 valence electrons. The number of rotatable bonds is 5. The van der Waals surface area contributed by atoms with Crippen molar-refractivity contribution in [1.29, 1.82) is 0 Å². The summed E-state index contributed by atoms with van der Waals surface area (Å²) in [6.45, 7) is 3.52. The number of ether oxygens (including phenoxy) is 2. The molecule has 0 saturated carbocycles. The average Bonchev–Trinajstić information content (AvgIpc) is 2.43. The van der Waals surface area contributed by atoms with Gasteiger partial charge in [0.25, 0.3) is 0 Å². The first-order chi connectivity index (χ1) is 10.1. The molecule has 0 saturated heterocycles. The van der Waals surface area contributed by atoms with E-state index in [4.69, 9.17) is 15.9 Å². The predicted octanol–water partition coefficient (Wildman–Crippen LogP) is 3.77. The van der Waals surface area contributed by atoms with Crippen molar-refractivity contribution >= 4 is 21.9 Å². The summed E-state index contributed by atoms with van der Waals surface area (Å²) < 4.78 is 11.6. The predicted molar refractivity (Wildman–Crippen MR) is 88.2 cm³/mol. The van der Waals surface area contributed by atoms with E-state index in [1.54, 1.807) is 6.08 Å². The zero-order valence-electron chi connectivity index (χ0n) is 12.6. The lowest BCUT2D eigenvalue weighted by Gasteiger charge is -2.32. The Hall–Kier alpha value is -1.05. The summed E-state index contributed by atoms with van der Waals surface area (Å²) in [4.78, 5) is 11.6. The Bertz CT molecular complexity index is 422. The molecule has 0 radical (unpaired) electrons. The SMILES string of the molecule is C#C/C=C\C[C@@H](OC(C)=O)[C@H]1C/C=C/C[C@@H](Br)[C@@H](CC)O1. The van der Waals surface area contributed by atoms with Crippen LogP contribution in [0.25, 0.3) is 0 Å². The Labute approximate surface area is 135 Å². The average molecular weight is 355 g/mol. The molecule has 0 amide bonds. The first-order valence-corrected chi connectivity index (χ1v) is 8.22. The van der Waals surface area contributed by atoms with Gasteiger partial charge in [-0.3, -0.25) is 4.79 Å². The monoisotopic (exact) mass is 354 g/mol. The third-order valence-electron chi connectivity index (χ3n) is 3.37. The Kier molecular flexibility index (Phi) is 8.41. The molecule has 0 unspecified atom stereocenters. The van der Waals surface area contributed by atoms with Crippen molar-refractivity contribution in [3.8, 4) is 12.3 Å². The molecule has 0 bridgehead atoms. The van der Waals surface area contributed by atoms with Gasteiger partial charge in [0.1, 0.15) is 6.10 Å². The van der Waals surface area contributed by atoms with E-state index in [9.17, 15) is 4.79 Å². The molecule has 1 aliphatic rings. The van der Waals surface area contributed by atoms with E-state index in [0.717, 1.165) is 19.3 Å². The highest BCUT2D eigenvalue weighted by Gasteiger charge is 2.29. The summed E-state index contributed by atoms with van der Waals surface area (Å²) in [5, 5.41) is 0. The molecule has 0 spiro atoms. The van der Waals surface area contributed by atoms with Crippen LogP contribution in [0.15, 0.2) is 24.3 Å². The van der Waals surface area contributed by atoms with Gasteiger partial charge in [-0.1, -0.05) is 47.0 Å². The highest BCUT2D eigenvalue weighted by atomic mass is 79.9. The highest BCUT2D eigenvalue weighted by molar-refractivity contribution is 9.09. The molecule has 21 heavy (non-hydrogen) atoms. The summed E-state index contributed by atoms with van der Waals surface area (Å²) in [6.07, 6.45) is 15.7. The van der Waals surface area contributed by atoms with Crippen LogP contribution in [-0.4, -0.2) is 29.1 Å². The second-order valence-electron chi connectivity index (χ2n) is 5.03. The van der Waals surface area contributed by atoms with Gasteiger partial charge in [0.05, 0.1) is 12.2 Å². The largest absolute Gasteiger partial charge is 0.459 e. The third-order valence-corrected chi connectivity index (χ3v) is 4.33. The quantitative estimate of drug-likeness (QED) is 0.326. The molecule has 0 aliphatic carbocycles. The van der Waals surface area contributed by atoms with Gasteiger partial charge >= 0.3 is 5.97 Å². The van der Waals surface area contributed by atoms with Crippen molar-refractivity contribution in [3.63, 3.8) is 0 Å². The number of carbonyl (C=O) groups excluding carboxylic acids is 1. The molecule has 1 rings (SSSR count). The Morgan fingerprint density at radius 1 is 1.57 bits per heavy atom. The maximum atomic E-state index is 11.3. The highest BCUT2D eigenvalue weighted by Crippen LogP contribution is 2.25. The Morgan fingerprint density at radius 3 is 2.90 bits per heavy atom. The molecule has 1 aliphatic heterocycles. The topological polar surface area (TPSA) is 35.5 Å². The third kappa shape index (κ3) is 6.50. The summed E-state index contributed by atoms with van der Waals surface area (Å²) >= 11 is 3.67. The summed E-state index contributed by atoms with van der Waals surface area (Å²) in [7, 11) is 0. The van der Waals surface area contributed by atoms with Crippen LogP contribution in [0.3, 0.4) is 0 Å². The van der Waals surface area contributed by atoms with Crippen LogP contribution in [0, 0.1) is 12.3 Å². The molecule has 4 atom stereocenters. The number of halogens is 1. The molecule has 0 aromatic carbocycles. The molecule has 0 N–H and O–H groups in total. The summed E-state index contributed by atoms with van der Waals surface area (Å²) in [6, 6.07) is 0. The van der Waals surface area contributed by atoms with Gasteiger partial charge in [0.2, 0.25) is 0 Å². The second-order valence-corrected chi connectivity index (χ2v) is 6.21. The van der Waals surface area contributed by atoms with Gasteiger partial charge in [-0.05, 0) is 25.3 Å². The molecule has 4 heteroatoms. The van der Waals surface area contributed by atoms with E-state index in [0.29, 0.717) is 6.42 Å². The minimum Gasteiger partial charge on any atom is -0.459 e. The van der Waals surface area contributed by atoms with Gasteiger partial charge < -0.3 is 9.47 Å². The van der Waals surface area contributed by atoms with Crippen LogP contribution in [0.2, 0.25) is 0 Å². The number of alkyl halides is 1. The molecule has 0 fully saturated rings. The van der Waals surface area contributed by atoms with Crippen LogP contribution in [-0.2, 0) is 14.3 Å². The molecule has 0 aromatic heterocycles. The van der Waals surface area contributed by atoms with E-state index in [2.05, 4.69) is 40.9 Å². The van der Waals surface area contributed by atoms with Gasteiger partial charge in [-0.15, -0.1) is 6.42 Å². The fraction of sp³-hybridized carbons (Fsp3) is 0.588. The van der Waals surface area contributed by atoms with Crippen molar-refractivity contribution in [2.75, 3.05) is 0 Å². The van der Waals surface area contributed by atoms with Gasteiger partial charge in [-0.2, -0.15) is 0 Å². The fourth-order valence-electron chi connectivity index (χ4n) is 2.32.